The molecule has 1 fully saturated rings. The smallest absolute Gasteiger partial charge is 0.227 e. The summed E-state index contributed by atoms with van der Waals surface area (Å²) in [6.45, 7) is 3.36. The first-order chi connectivity index (χ1) is 9.83. The summed E-state index contributed by atoms with van der Waals surface area (Å²) in [4.78, 5) is 14.1. The zero-order valence-corrected chi connectivity index (χ0v) is 11.3. The second kappa shape index (κ2) is 5.88. The molecular formula is C15H18N4O. The van der Waals surface area contributed by atoms with Crippen LogP contribution in [0.4, 0.5) is 0 Å². The van der Waals surface area contributed by atoms with Crippen molar-refractivity contribution in [2.45, 2.75) is 6.42 Å². The highest BCUT2D eigenvalue weighted by molar-refractivity contribution is 5.78. The van der Waals surface area contributed by atoms with E-state index in [1.165, 1.54) is 0 Å². The van der Waals surface area contributed by atoms with Crippen LogP contribution in [0.2, 0.25) is 0 Å². The van der Waals surface area contributed by atoms with Crippen LogP contribution in [0.1, 0.15) is 5.56 Å². The van der Waals surface area contributed by atoms with Gasteiger partial charge in [0.25, 0.3) is 0 Å². The second-order valence-electron chi connectivity index (χ2n) is 4.94. The number of aromatic nitrogens is 2. The van der Waals surface area contributed by atoms with Gasteiger partial charge in [0.05, 0.1) is 18.3 Å². The average Bonchev–Trinajstić information content (AvgIpc) is 2.97. The van der Waals surface area contributed by atoms with Gasteiger partial charge in [0.15, 0.2) is 0 Å². The summed E-state index contributed by atoms with van der Waals surface area (Å²) in [6, 6.07) is 9.91. The predicted octanol–water partition coefficient (Wildman–Crippen LogP) is 0.847. The van der Waals surface area contributed by atoms with Gasteiger partial charge in [0.2, 0.25) is 5.91 Å². The molecular weight excluding hydrogens is 252 g/mol. The number of nitrogens with one attached hydrogen (secondary N) is 1. The van der Waals surface area contributed by atoms with Crippen LogP contribution in [0, 0.1) is 0 Å². The minimum absolute atomic E-state index is 0.180. The molecule has 0 aliphatic carbocycles. The topological polar surface area (TPSA) is 50.2 Å². The molecule has 1 aromatic heterocycles. The van der Waals surface area contributed by atoms with Gasteiger partial charge in [-0.1, -0.05) is 18.2 Å². The van der Waals surface area contributed by atoms with Gasteiger partial charge in [-0.15, -0.1) is 0 Å². The molecule has 5 nitrogen and oxygen atoms in total. The first-order valence-corrected chi connectivity index (χ1v) is 6.90. The molecule has 3 rings (SSSR count). The van der Waals surface area contributed by atoms with Gasteiger partial charge in [-0.05, 0) is 17.7 Å². The van der Waals surface area contributed by atoms with Crippen molar-refractivity contribution < 1.29 is 4.79 Å². The van der Waals surface area contributed by atoms with E-state index in [-0.39, 0.29) is 5.91 Å². The van der Waals surface area contributed by atoms with Gasteiger partial charge in [0, 0.05) is 32.4 Å². The summed E-state index contributed by atoms with van der Waals surface area (Å²) in [5.74, 6) is 0.180. The summed E-state index contributed by atoms with van der Waals surface area (Å²) in [5, 5.41) is 7.57. The summed E-state index contributed by atoms with van der Waals surface area (Å²) in [7, 11) is 0. The lowest BCUT2D eigenvalue weighted by Gasteiger charge is -2.27. The van der Waals surface area contributed by atoms with Crippen LogP contribution in [-0.2, 0) is 11.2 Å². The average molecular weight is 270 g/mol. The van der Waals surface area contributed by atoms with E-state index in [0.29, 0.717) is 6.42 Å². The lowest BCUT2D eigenvalue weighted by molar-refractivity contribution is -0.131. The maximum absolute atomic E-state index is 12.2. The van der Waals surface area contributed by atoms with E-state index >= 15 is 0 Å². The Hall–Kier alpha value is -2.14. The largest absolute Gasteiger partial charge is 0.340 e. The third kappa shape index (κ3) is 2.88. The van der Waals surface area contributed by atoms with Crippen molar-refractivity contribution in [3.63, 3.8) is 0 Å². The van der Waals surface area contributed by atoms with Crippen molar-refractivity contribution in [2.75, 3.05) is 26.2 Å². The quantitative estimate of drug-likeness (QED) is 0.899. The Bertz CT molecular complexity index is 573. The van der Waals surface area contributed by atoms with E-state index in [9.17, 15) is 4.79 Å². The Labute approximate surface area is 118 Å². The normalized spacial score (nSPS) is 15.3. The third-order valence-corrected chi connectivity index (χ3v) is 3.48. The molecule has 1 aliphatic heterocycles. The summed E-state index contributed by atoms with van der Waals surface area (Å²) in [5.41, 5.74) is 1.96. The zero-order chi connectivity index (χ0) is 13.8. The first-order valence-electron chi connectivity index (χ1n) is 6.90. The SMILES string of the molecule is O=C(Cc1cnn(-c2ccccc2)c1)N1CCNCC1. The fraction of sp³-hybridized carbons (Fsp3) is 0.333. The molecule has 5 heteroatoms. The molecule has 0 atom stereocenters. The number of benzene rings is 1. The zero-order valence-electron chi connectivity index (χ0n) is 11.3. The molecule has 0 saturated carbocycles. The van der Waals surface area contributed by atoms with E-state index < -0.39 is 0 Å². The molecule has 1 aliphatic rings. The number of rotatable bonds is 3. The molecule has 1 amide bonds. The van der Waals surface area contributed by atoms with Crippen LogP contribution in [0.15, 0.2) is 42.7 Å². The maximum atomic E-state index is 12.2. The van der Waals surface area contributed by atoms with Gasteiger partial charge < -0.3 is 10.2 Å². The minimum Gasteiger partial charge on any atom is -0.340 e. The van der Waals surface area contributed by atoms with Crippen molar-refractivity contribution in [2.24, 2.45) is 0 Å². The predicted molar refractivity (Wildman–Crippen MR) is 76.7 cm³/mol. The highest BCUT2D eigenvalue weighted by Gasteiger charge is 2.17. The van der Waals surface area contributed by atoms with E-state index in [1.807, 2.05) is 41.4 Å². The van der Waals surface area contributed by atoms with E-state index in [2.05, 4.69) is 10.4 Å². The summed E-state index contributed by atoms with van der Waals surface area (Å²) in [6.07, 6.45) is 4.12. The molecule has 0 spiro atoms. The highest BCUT2D eigenvalue weighted by Crippen LogP contribution is 2.09. The minimum atomic E-state index is 0.180. The Balaban J connectivity index is 1.66. The number of nitrogens with zero attached hydrogens (tertiary/aromatic N) is 3. The molecule has 1 saturated heterocycles. The molecule has 0 bridgehead atoms. The number of hydrogen-bond donors (Lipinski definition) is 1. The molecule has 20 heavy (non-hydrogen) atoms. The van der Waals surface area contributed by atoms with Crippen LogP contribution in [-0.4, -0.2) is 46.8 Å². The number of amides is 1. The van der Waals surface area contributed by atoms with Gasteiger partial charge >= 0.3 is 0 Å². The lowest BCUT2D eigenvalue weighted by atomic mass is 10.2. The summed E-state index contributed by atoms with van der Waals surface area (Å²) < 4.78 is 1.81. The lowest BCUT2D eigenvalue weighted by Crippen LogP contribution is -2.46. The monoisotopic (exact) mass is 270 g/mol. The molecule has 0 radical (unpaired) electrons. The fourth-order valence-corrected chi connectivity index (χ4v) is 2.37. The van der Waals surface area contributed by atoms with Crippen LogP contribution in [0.5, 0.6) is 0 Å². The Morgan fingerprint density at radius 2 is 1.95 bits per heavy atom. The summed E-state index contributed by atoms with van der Waals surface area (Å²) >= 11 is 0. The van der Waals surface area contributed by atoms with Gasteiger partial charge in [0.1, 0.15) is 0 Å². The Morgan fingerprint density at radius 3 is 2.70 bits per heavy atom. The van der Waals surface area contributed by atoms with Gasteiger partial charge in [-0.2, -0.15) is 5.10 Å². The van der Waals surface area contributed by atoms with Crippen molar-refractivity contribution in [3.8, 4) is 5.69 Å². The Morgan fingerprint density at radius 1 is 1.20 bits per heavy atom. The van der Waals surface area contributed by atoms with Crippen LogP contribution in [0.3, 0.4) is 0 Å². The standard InChI is InChI=1S/C15H18N4O/c20-15(18-8-6-16-7-9-18)10-13-11-17-19(12-13)14-4-2-1-3-5-14/h1-5,11-12,16H,6-10H2. The Kier molecular flexibility index (Phi) is 3.78. The molecule has 0 unspecified atom stereocenters. The van der Waals surface area contributed by atoms with Crippen LogP contribution < -0.4 is 5.32 Å². The number of para-hydroxylation sites is 1. The van der Waals surface area contributed by atoms with Crippen molar-refractivity contribution in [3.05, 3.63) is 48.3 Å². The van der Waals surface area contributed by atoms with Gasteiger partial charge in [-0.25, -0.2) is 4.68 Å². The number of piperazine rings is 1. The molecule has 1 aromatic carbocycles. The molecule has 1 N–H and O–H groups in total. The van der Waals surface area contributed by atoms with Crippen molar-refractivity contribution in [1.82, 2.24) is 20.0 Å². The number of carbonyl (C=O) groups is 1. The van der Waals surface area contributed by atoms with Crippen LogP contribution in [0.25, 0.3) is 5.69 Å². The van der Waals surface area contributed by atoms with Crippen molar-refractivity contribution >= 4 is 5.91 Å². The van der Waals surface area contributed by atoms with Crippen LogP contribution >= 0.6 is 0 Å². The number of hydrogen-bond acceptors (Lipinski definition) is 3. The molecule has 2 aromatic rings. The van der Waals surface area contributed by atoms with E-state index in [0.717, 1.165) is 37.4 Å². The van der Waals surface area contributed by atoms with Crippen molar-refractivity contribution in [1.29, 1.82) is 0 Å². The second-order valence-corrected chi connectivity index (χ2v) is 4.94. The number of carbonyl (C=O) groups excluding carboxylic acids is 1. The highest BCUT2D eigenvalue weighted by atomic mass is 16.2. The molecule has 2 heterocycles. The fourth-order valence-electron chi connectivity index (χ4n) is 2.37. The van der Waals surface area contributed by atoms with E-state index in [1.54, 1.807) is 10.9 Å². The third-order valence-electron chi connectivity index (χ3n) is 3.48. The van der Waals surface area contributed by atoms with Gasteiger partial charge in [-0.3, -0.25) is 4.79 Å². The molecule has 104 valence electrons. The first kappa shape index (κ1) is 12.9. The maximum Gasteiger partial charge on any atom is 0.227 e. The van der Waals surface area contributed by atoms with E-state index in [4.69, 9.17) is 0 Å².